The van der Waals surface area contributed by atoms with Crippen molar-refractivity contribution in [2.75, 3.05) is 6.26 Å². The van der Waals surface area contributed by atoms with E-state index in [0.29, 0.717) is 6.54 Å². The summed E-state index contributed by atoms with van der Waals surface area (Å²) in [5.74, 6) is 0. The minimum absolute atomic E-state index is 0.495. The number of hydrogen-bond acceptors (Lipinski definition) is 3. The minimum atomic E-state index is 0.495. The second-order valence-electron chi connectivity index (χ2n) is 2.16. The summed E-state index contributed by atoms with van der Waals surface area (Å²) in [7, 11) is 0. The molecule has 0 saturated carbocycles. The lowest BCUT2D eigenvalue weighted by atomic mass is 10.2. The molecule has 1 N–H and O–H groups in total. The summed E-state index contributed by atoms with van der Waals surface area (Å²) < 4.78 is 0. The standard InChI is InChI=1S/C8H10N2S/c1-11-8-4-2-7(3-5-8)6-10-9/h2-5,9H,6H2,1H3. The van der Waals surface area contributed by atoms with Crippen molar-refractivity contribution in [3.05, 3.63) is 29.8 Å². The van der Waals surface area contributed by atoms with E-state index in [1.165, 1.54) is 4.90 Å². The number of hydrogen-bond donors (Lipinski definition) is 1. The van der Waals surface area contributed by atoms with Crippen molar-refractivity contribution in [2.45, 2.75) is 11.4 Å². The molecule has 0 bridgehead atoms. The van der Waals surface area contributed by atoms with Crippen LogP contribution in [0, 0.1) is 5.53 Å². The van der Waals surface area contributed by atoms with E-state index in [4.69, 9.17) is 5.53 Å². The molecule has 58 valence electrons. The number of rotatable bonds is 3. The lowest BCUT2D eigenvalue weighted by Crippen LogP contribution is -1.78. The molecule has 0 heterocycles. The molecule has 1 aromatic rings. The van der Waals surface area contributed by atoms with Gasteiger partial charge in [-0.1, -0.05) is 12.1 Å². The maximum absolute atomic E-state index is 6.66. The maximum atomic E-state index is 6.66. The largest absolute Gasteiger partial charge is 0.210 e. The van der Waals surface area contributed by atoms with Gasteiger partial charge in [-0.15, -0.1) is 11.8 Å². The van der Waals surface area contributed by atoms with E-state index in [9.17, 15) is 0 Å². The summed E-state index contributed by atoms with van der Waals surface area (Å²) in [5, 5.41) is 3.30. The van der Waals surface area contributed by atoms with Gasteiger partial charge in [0.2, 0.25) is 0 Å². The maximum Gasteiger partial charge on any atom is 0.0846 e. The van der Waals surface area contributed by atoms with Gasteiger partial charge in [-0.25, -0.2) is 5.53 Å². The molecule has 0 aliphatic carbocycles. The Morgan fingerprint density at radius 1 is 1.36 bits per heavy atom. The normalized spacial score (nSPS) is 9.55. The highest BCUT2D eigenvalue weighted by Gasteiger charge is 1.90. The zero-order valence-electron chi connectivity index (χ0n) is 6.37. The van der Waals surface area contributed by atoms with Gasteiger partial charge in [-0.3, -0.25) is 0 Å². The van der Waals surface area contributed by atoms with Crippen molar-refractivity contribution in [1.29, 1.82) is 5.53 Å². The Hall–Kier alpha value is -0.830. The molecule has 2 nitrogen and oxygen atoms in total. The highest BCUT2D eigenvalue weighted by Crippen LogP contribution is 2.14. The lowest BCUT2D eigenvalue weighted by molar-refractivity contribution is 0.906. The summed E-state index contributed by atoms with van der Waals surface area (Å²) in [5.41, 5.74) is 7.75. The molecule has 0 aliphatic rings. The van der Waals surface area contributed by atoms with Gasteiger partial charge in [0, 0.05) is 4.90 Å². The Morgan fingerprint density at radius 3 is 2.45 bits per heavy atom. The second kappa shape index (κ2) is 4.13. The zero-order valence-corrected chi connectivity index (χ0v) is 7.19. The summed E-state index contributed by atoms with van der Waals surface area (Å²) >= 11 is 1.72. The molecule has 0 saturated heterocycles. The van der Waals surface area contributed by atoms with Gasteiger partial charge in [0.25, 0.3) is 0 Å². The van der Waals surface area contributed by atoms with Crippen LogP contribution in [0.5, 0.6) is 0 Å². The van der Waals surface area contributed by atoms with Crippen LogP contribution in [-0.4, -0.2) is 6.26 Å². The van der Waals surface area contributed by atoms with Crippen LogP contribution >= 0.6 is 11.8 Å². The van der Waals surface area contributed by atoms with Gasteiger partial charge in [0.15, 0.2) is 0 Å². The van der Waals surface area contributed by atoms with E-state index >= 15 is 0 Å². The molecule has 0 radical (unpaired) electrons. The van der Waals surface area contributed by atoms with Crippen molar-refractivity contribution < 1.29 is 0 Å². The molecule has 1 rings (SSSR count). The van der Waals surface area contributed by atoms with Crippen LogP contribution in [-0.2, 0) is 6.54 Å². The van der Waals surface area contributed by atoms with Gasteiger partial charge in [0.1, 0.15) is 0 Å². The molecule has 0 unspecified atom stereocenters. The Bertz CT molecular complexity index is 230. The van der Waals surface area contributed by atoms with Crippen LogP contribution in [0.1, 0.15) is 5.56 Å². The topological polar surface area (TPSA) is 36.2 Å². The molecule has 0 spiro atoms. The zero-order chi connectivity index (χ0) is 8.10. The van der Waals surface area contributed by atoms with Gasteiger partial charge >= 0.3 is 0 Å². The number of nitrogens with one attached hydrogen (secondary N) is 1. The first-order valence-electron chi connectivity index (χ1n) is 3.33. The highest BCUT2D eigenvalue weighted by atomic mass is 32.2. The molecule has 0 fully saturated rings. The van der Waals surface area contributed by atoms with Crippen molar-refractivity contribution in [2.24, 2.45) is 5.11 Å². The predicted molar refractivity (Wildman–Crippen MR) is 47.1 cm³/mol. The van der Waals surface area contributed by atoms with E-state index in [2.05, 4.69) is 5.11 Å². The second-order valence-corrected chi connectivity index (χ2v) is 3.04. The van der Waals surface area contributed by atoms with Gasteiger partial charge < -0.3 is 0 Å². The van der Waals surface area contributed by atoms with Gasteiger partial charge in [-0.2, -0.15) is 5.11 Å². The van der Waals surface area contributed by atoms with Crippen LogP contribution in [0.2, 0.25) is 0 Å². The van der Waals surface area contributed by atoms with E-state index in [1.807, 2.05) is 30.5 Å². The van der Waals surface area contributed by atoms with Crippen LogP contribution in [0.15, 0.2) is 34.3 Å². The number of thioether (sulfide) groups is 1. The average Bonchev–Trinajstić information content (AvgIpc) is 2.07. The molecule has 11 heavy (non-hydrogen) atoms. The fourth-order valence-corrected chi connectivity index (χ4v) is 1.23. The SMILES string of the molecule is CSc1ccc(CN=N)cc1. The minimum Gasteiger partial charge on any atom is -0.210 e. The lowest BCUT2D eigenvalue weighted by Gasteiger charge is -1.96. The van der Waals surface area contributed by atoms with Crippen molar-refractivity contribution in [3.8, 4) is 0 Å². The van der Waals surface area contributed by atoms with Crippen molar-refractivity contribution >= 4 is 11.8 Å². The summed E-state index contributed by atoms with van der Waals surface area (Å²) in [6.07, 6.45) is 2.05. The Balaban J connectivity index is 2.74. The van der Waals surface area contributed by atoms with E-state index in [0.717, 1.165) is 5.56 Å². The molecule has 0 aromatic heterocycles. The monoisotopic (exact) mass is 166 g/mol. The van der Waals surface area contributed by atoms with Crippen molar-refractivity contribution in [3.63, 3.8) is 0 Å². The molecule has 0 aliphatic heterocycles. The molecular weight excluding hydrogens is 156 g/mol. The smallest absolute Gasteiger partial charge is 0.0846 e. The first-order chi connectivity index (χ1) is 5.36. The third kappa shape index (κ3) is 2.35. The van der Waals surface area contributed by atoms with Crippen LogP contribution in [0.4, 0.5) is 0 Å². The predicted octanol–water partition coefficient (Wildman–Crippen LogP) is 2.94. The molecule has 1 aromatic carbocycles. The third-order valence-electron chi connectivity index (χ3n) is 1.42. The summed E-state index contributed by atoms with van der Waals surface area (Å²) in [6.45, 7) is 0.495. The quantitative estimate of drug-likeness (QED) is 0.544. The third-order valence-corrected chi connectivity index (χ3v) is 2.16. The molecular formula is C8H10N2S. The van der Waals surface area contributed by atoms with Gasteiger partial charge in [0.05, 0.1) is 6.54 Å². The Morgan fingerprint density at radius 2 is 2.00 bits per heavy atom. The van der Waals surface area contributed by atoms with E-state index < -0.39 is 0 Å². The van der Waals surface area contributed by atoms with Crippen LogP contribution in [0.3, 0.4) is 0 Å². The first kappa shape index (κ1) is 8.27. The fourth-order valence-electron chi connectivity index (χ4n) is 0.822. The number of benzene rings is 1. The summed E-state index contributed by atoms with van der Waals surface area (Å²) in [4.78, 5) is 1.25. The number of nitrogens with zero attached hydrogens (tertiary/aromatic N) is 1. The average molecular weight is 166 g/mol. The molecule has 0 atom stereocenters. The van der Waals surface area contributed by atoms with Crippen molar-refractivity contribution in [1.82, 2.24) is 0 Å². The fraction of sp³-hybridized carbons (Fsp3) is 0.250. The summed E-state index contributed by atoms with van der Waals surface area (Å²) in [6, 6.07) is 8.10. The van der Waals surface area contributed by atoms with Crippen LogP contribution in [0.25, 0.3) is 0 Å². The Kier molecular flexibility index (Phi) is 3.11. The Labute approximate surface area is 70.5 Å². The van der Waals surface area contributed by atoms with Crippen LogP contribution < -0.4 is 0 Å². The van der Waals surface area contributed by atoms with E-state index in [1.54, 1.807) is 11.8 Å². The highest BCUT2D eigenvalue weighted by molar-refractivity contribution is 7.98. The van der Waals surface area contributed by atoms with E-state index in [-0.39, 0.29) is 0 Å². The first-order valence-corrected chi connectivity index (χ1v) is 4.55. The molecule has 0 amide bonds. The van der Waals surface area contributed by atoms with Gasteiger partial charge in [-0.05, 0) is 24.0 Å². The molecule has 3 heteroatoms.